The first-order valence-corrected chi connectivity index (χ1v) is 9.87. The number of ether oxygens (including phenoxy) is 2. The molecule has 1 aromatic heterocycles. The van der Waals surface area contributed by atoms with Crippen molar-refractivity contribution in [3.8, 4) is 5.69 Å². The number of halogens is 1. The van der Waals surface area contributed by atoms with Crippen LogP contribution in [-0.4, -0.2) is 66.7 Å². The van der Waals surface area contributed by atoms with Crippen LogP contribution in [0.4, 0.5) is 0 Å². The second kappa shape index (κ2) is 11.5. The standard InChI is InChI=1S/C21H31N5O2.HI/c1-4-22-20(23-17-21(27-3)10-12-28-13-11-21)25(2)15-18-14-24-26(16-18)19-8-6-5-7-9-19;/h5-9,14,16H,4,10-13,15,17H2,1-3H3,(H,22,23);1H. The number of hydrogen-bond acceptors (Lipinski definition) is 4. The lowest BCUT2D eigenvalue weighted by molar-refractivity contribution is -0.0829. The number of aromatic nitrogens is 2. The fourth-order valence-electron chi connectivity index (χ4n) is 3.37. The van der Waals surface area contributed by atoms with Crippen molar-refractivity contribution in [2.24, 2.45) is 4.99 Å². The van der Waals surface area contributed by atoms with Crippen molar-refractivity contribution >= 4 is 29.9 Å². The lowest BCUT2D eigenvalue weighted by atomic mass is 9.94. The number of rotatable bonds is 7. The molecule has 8 heteroatoms. The van der Waals surface area contributed by atoms with Gasteiger partial charge in [-0.15, -0.1) is 24.0 Å². The van der Waals surface area contributed by atoms with Crippen LogP contribution in [0, 0.1) is 0 Å². The first kappa shape index (κ1) is 23.6. The molecular formula is C21H32IN5O2. The van der Waals surface area contributed by atoms with Gasteiger partial charge in [-0.05, 0) is 19.1 Å². The molecule has 0 radical (unpaired) electrons. The van der Waals surface area contributed by atoms with Gasteiger partial charge in [-0.3, -0.25) is 4.99 Å². The van der Waals surface area contributed by atoms with Crippen molar-refractivity contribution in [3.05, 3.63) is 48.3 Å². The molecule has 1 aliphatic rings. The lowest BCUT2D eigenvalue weighted by Crippen LogP contribution is -2.44. The third-order valence-corrected chi connectivity index (χ3v) is 5.13. The van der Waals surface area contributed by atoms with Gasteiger partial charge in [-0.1, -0.05) is 18.2 Å². The highest BCUT2D eigenvalue weighted by atomic mass is 127. The fourth-order valence-corrected chi connectivity index (χ4v) is 3.37. The van der Waals surface area contributed by atoms with Crippen LogP contribution in [0.15, 0.2) is 47.7 Å². The largest absolute Gasteiger partial charge is 0.381 e. The summed E-state index contributed by atoms with van der Waals surface area (Å²) < 4.78 is 13.2. The highest BCUT2D eigenvalue weighted by Crippen LogP contribution is 2.24. The number of methoxy groups -OCH3 is 1. The Hall–Kier alpha value is -1.65. The summed E-state index contributed by atoms with van der Waals surface area (Å²) in [4.78, 5) is 6.99. The summed E-state index contributed by atoms with van der Waals surface area (Å²) in [7, 11) is 3.82. The number of nitrogens with one attached hydrogen (secondary N) is 1. The molecule has 0 amide bonds. The maximum atomic E-state index is 5.81. The number of hydrogen-bond donors (Lipinski definition) is 1. The van der Waals surface area contributed by atoms with Gasteiger partial charge < -0.3 is 19.7 Å². The van der Waals surface area contributed by atoms with Crippen molar-refractivity contribution in [1.29, 1.82) is 0 Å². The second-order valence-corrected chi connectivity index (χ2v) is 7.15. The normalized spacial score (nSPS) is 16.2. The Bertz CT molecular complexity index is 759. The van der Waals surface area contributed by atoms with Crippen LogP contribution in [0.5, 0.6) is 0 Å². The van der Waals surface area contributed by atoms with Crippen LogP contribution in [0.1, 0.15) is 25.3 Å². The average molecular weight is 513 g/mol. The topological polar surface area (TPSA) is 63.9 Å². The average Bonchev–Trinajstić information content (AvgIpc) is 3.21. The second-order valence-electron chi connectivity index (χ2n) is 7.15. The molecule has 29 heavy (non-hydrogen) atoms. The molecule has 160 valence electrons. The monoisotopic (exact) mass is 513 g/mol. The van der Waals surface area contributed by atoms with Crippen molar-refractivity contribution in [1.82, 2.24) is 20.0 Å². The van der Waals surface area contributed by atoms with Crippen LogP contribution in [0.3, 0.4) is 0 Å². The summed E-state index contributed by atoms with van der Waals surface area (Å²) in [6.07, 6.45) is 5.71. The minimum absolute atomic E-state index is 0. The van der Waals surface area contributed by atoms with Crippen LogP contribution in [0.25, 0.3) is 5.69 Å². The van der Waals surface area contributed by atoms with E-state index in [9.17, 15) is 0 Å². The van der Waals surface area contributed by atoms with Gasteiger partial charge in [0.15, 0.2) is 5.96 Å². The molecule has 0 saturated carbocycles. The summed E-state index contributed by atoms with van der Waals surface area (Å²) in [5.74, 6) is 0.873. The Morgan fingerprint density at radius 1 is 1.31 bits per heavy atom. The van der Waals surface area contributed by atoms with Crippen LogP contribution in [0.2, 0.25) is 0 Å². The van der Waals surface area contributed by atoms with Crippen molar-refractivity contribution < 1.29 is 9.47 Å². The first-order valence-electron chi connectivity index (χ1n) is 9.87. The maximum Gasteiger partial charge on any atom is 0.194 e. The Morgan fingerprint density at radius 3 is 2.69 bits per heavy atom. The van der Waals surface area contributed by atoms with Gasteiger partial charge in [-0.25, -0.2) is 4.68 Å². The molecule has 0 spiro atoms. The van der Waals surface area contributed by atoms with E-state index >= 15 is 0 Å². The Kier molecular flexibility index (Phi) is 9.38. The summed E-state index contributed by atoms with van der Waals surface area (Å²) in [5.41, 5.74) is 1.96. The minimum atomic E-state index is -0.224. The summed E-state index contributed by atoms with van der Waals surface area (Å²) >= 11 is 0. The molecular weight excluding hydrogens is 481 g/mol. The predicted octanol–water partition coefficient (Wildman–Crippen LogP) is 3.08. The summed E-state index contributed by atoms with van der Waals surface area (Å²) in [5, 5.41) is 7.87. The van der Waals surface area contributed by atoms with E-state index in [0.717, 1.165) is 56.4 Å². The lowest BCUT2D eigenvalue weighted by Gasteiger charge is -2.35. The highest BCUT2D eigenvalue weighted by Gasteiger charge is 2.32. The van der Waals surface area contributed by atoms with Crippen LogP contribution >= 0.6 is 24.0 Å². The van der Waals surface area contributed by atoms with E-state index in [1.807, 2.05) is 48.3 Å². The van der Waals surface area contributed by atoms with E-state index in [2.05, 4.69) is 28.4 Å². The quantitative estimate of drug-likeness (QED) is 0.351. The van der Waals surface area contributed by atoms with Crippen LogP contribution in [-0.2, 0) is 16.0 Å². The smallest absolute Gasteiger partial charge is 0.194 e. The summed E-state index contributed by atoms with van der Waals surface area (Å²) in [6, 6.07) is 10.1. The van der Waals surface area contributed by atoms with Gasteiger partial charge in [0.1, 0.15) is 0 Å². The van der Waals surface area contributed by atoms with Gasteiger partial charge in [-0.2, -0.15) is 5.10 Å². The molecule has 2 heterocycles. The zero-order valence-electron chi connectivity index (χ0n) is 17.5. The van der Waals surface area contributed by atoms with Gasteiger partial charge in [0.2, 0.25) is 0 Å². The molecule has 0 aliphatic carbocycles. The zero-order valence-corrected chi connectivity index (χ0v) is 19.8. The molecule has 0 unspecified atom stereocenters. The van der Waals surface area contributed by atoms with Gasteiger partial charge in [0.05, 0.1) is 24.0 Å². The van der Waals surface area contributed by atoms with E-state index in [4.69, 9.17) is 14.5 Å². The zero-order chi connectivity index (χ0) is 19.8. The number of benzene rings is 1. The SMILES string of the molecule is CCNC(=NCC1(OC)CCOCC1)N(C)Cc1cnn(-c2ccccc2)c1.I. The van der Waals surface area contributed by atoms with E-state index in [0.29, 0.717) is 6.54 Å². The molecule has 1 N–H and O–H groups in total. The number of nitrogens with zero attached hydrogens (tertiary/aromatic N) is 4. The number of para-hydroxylation sites is 1. The number of aliphatic imine (C=N–C) groups is 1. The van der Waals surface area contributed by atoms with Gasteiger partial charge in [0.25, 0.3) is 0 Å². The molecule has 0 atom stereocenters. The predicted molar refractivity (Wildman–Crippen MR) is 126 cm³/mol. The Balaban J connectivity index is 0.00000300. The third-order valence-electron chi connectivity index (χ3n) is 5.13. The minimum Gasteiger partial charge on any atom is -0.381 e. The van der Waals surface area contributed by atoms with Gasteiger partial charge >= 0.3 is 0 Å². The third kappa shape index (κ3) is 6.42. The molecule has 1 aliphatic heterocycles. The van der Waals surface area contributed by atoms with Crippen molar-refractivity contribution in [3.63, 3.8) is 0 Å². The van der Waals surface area contributed by atoms with Crippen molar-refractivity contribution in [2.75, 3.05) is 40.5 Å². The Labute approximate surface area is 190 Å². The molecule has 3 rings (SSSR count). The molecule has 0 bridgehead atoms. The maximum absolute atomic E-state index is 5.81. The van der Waals surface area contributed by atoms with E-state index in [1.165, 1.54) is 0 Å². The van der Waals surface area contributed by atoms with Crippen LogP contribution < -0.4 is 5.32 Å². The molecule has 1 fully saturated rings. The highest BCUT2D eigenvalue weighted by molar-refractivity contribution is 14.0. The molecule has 2 aromatic rings. The molecule has 1 aromatic carbocycles. The fraction of sp³-hybridized carbons (Fsp3) is 0.524. The summed E-state index contributed by atoms with van der Waals surface area (Å²) in [6.45, 7) is 5.71. The molecule has 7 nitrogen and oxygen atoms in total. The Morgan fingerprint density at radius 2 is 2.03 bits per heavy atom. The molecule has 1 saturated heterocycles. The van der Waals surface area contributed by atoms with Gasteiger partial charge in [0, 0.05) is 65.1 Å². The van der Waals surface area contributed by atoms with E-state index in [-0.39, 0.29) is 29.6 Å². The van der Waals surface area contributed by atoms with E-state index < -0.39 is 0 Å². The first-order chi connectivity index (χ1) is 13.7. The number of guanidine groups is 1. The van der Waals surface area contributed by atoms with Crippen molar-refractivity contribution in [2.45, 2.75) is 31.9 Å². The van der Waals surface area contributed by atoms with E-state index in [1.54, 1.807) is 7.11 Å².